The van der Waals surface area contributed by atoms with E-state index in [0.717, 1.165) is 5.56 Å². The Morgan fingerprint density at radius 3 is 2.62 bits per heavy atom. The van der Waals surface area contributed by atoms with Gasteiger partial charge in [-0.3, -0.25) is 0 Å². The van der Waals surface area contributed by atoms with Gasteiger partial charge in [0, 0.05) is 18.5 Å². The zero-order chi connectivity index (χ0) is 9.90. The summed E-state index contributed by atoms with van der Waals surface area (Å²) < 4.78 is 26.3. The van der Waals surface area contributed by atoms with Gasteiger partial charge in [-0.1, -0.05) is 25.1 Å². The smallest absolute Gasteiger partial charge is 0.273 e. The van der Waals surface area contributed by atoms with Gasteiger partial charge in [-0.2, -0.15) is 0 Å². The van der Waals surface area contributed by atoms with E-state index in [0.29, 0.717) is 6.54 Å². The number of nitrogens with two attached hydrogens (primary N) is 1. The van der Waals surface area contributed by atoms with Gasteiger partial charge in [0.2, 0.25) is 0 Å². The van der Waals surface area contributed by atoms with Gasteiger partial charge in [0.05, 0.1) is 0 Å². The number of hydrogen-bond acceptors (Lipinski definition) is 1. The van der Waals surface area contributed by atoms with Crippen molar-refractivity contribution in [3.63, 3.8) is 0 Å². The van der Waals surface area contributed by atoms with Crippen molar-refractivity contribution in [1.29, 1.82) is 0 Å². The van der Waals surface area contributed by atoms with Gasteiger partial charge in [0.15, 0.2) is 0 Å². The molecule has 0 aromatic heterocycles. The van der Waals surface area contributed by atoms with Crippen LogP contribution in [0.3, 0.4) is 0 Å². The molecule has 1 aromatic rings. The molecule has 3 heteroatoms. The summed E-state index contributed by atoms with van der Waals surface area (Å²) in [5, 5.41) is 0. The number of hydrogen-bond donors (Lipinski definition) is 1. The first-order valence-corrected chi connectivity index (χ1v) is 4.27. The summed E-state index contributed by atoms with van der Waals surface area (Å²) >= 11 is 0. The second-order valence-corrected chi connectivity index (χ2v) is 2.96. The van der Waals surface area contributed by atoms with E-state index >= 15 is 0 Å². The molecule has 13 heavy (non-hydrogen) atoms. The minimum atomic E-state index is -2.73. The molecular formula is C10H13F2N. The van der Waals surface area contributed by atoms with Crippen LogP contribution in [0.4, 0.5) is 8.78 Å². The lowest BCUT2D eigenvalue weighted by molar-refractivity contribution is -0.00835. The highest BCUT2D eigenvalue weighted by Gasteiger charge is 2.28. The maximum Gasteiger partial charge on any atom is 0.273 e. The molecule has 0 aliphatic carbocycles. The molecule has 0 amide bonds. The van der Waals surface area contributed by atoms with Crippen molar-refractivity contribution >= 4 is 0 Å². The zero-order valence-electron chi connectivity index (χ0n) is 7.56. The minimum Gasteiger partial charge on any atom is -0.326 e. The molecule has 1 rings (SSSR count). The van der Waals surface area contributed by atoms with Crippen molar-refractivity contribution < 1.29 is 8.78 Å². The van der Waals surface area contributed by atoms with Crippen LogP contribution in [0.5, 0.6) is 0 Å². The van der Waals surface area contributed by atoms with Crippen molar-refractivity contribution in [2.75, 3.05) is 0 Å². The molecule has 0 saturated heterocycles. The van der Waals surface area contributed by atoms with Crippen LogP contribution in [-0.2, 0) is 12.5 Å². The Balaban J connectivity index is 3.01. The monoisotopic (exact) mass is 185 g/mol. The average molecular weight is 185 g/mol. The van der Waals surface area contributed by atoms with Gasteiger partial charge in [-0.25, -0.2) is 8.78 Å². The van der Waals surface area contributed by atoms with Crippen LogP contribution < -0.4 is 5.73 Å². The van der Waals surface area contributed by atoms with E-state index in [2.05, 4.69) is 0 Å². The largest absolute Gasteiger partial charge is 0.326 e. The molecule has 0 aliphatic heterocycles. The van der Waals surface area contributed by atoms with E-state index in [1.165, 1.54) is 19.1 Å². The van der Waals surface area contributed by atoms with Crippen molar-refractivity contribution in [1.82, 2.24) is 0 Å². The van der Waals surface area contributed by atoms with Crippen molar-refractivity contribution in [3.05, 3.63) is 35.4 Å². The maximum absolute atomic E-state index is 13.2. The fourth-order valence-corrected chi connectivity index (χ4v) is 1.13. The SMILES string of the molecule is CCC(F)(F)c1cccc(CN)c1. The van der Waals surface area contributed by atoms with E-state index in [1.54, 1.807) is 12.1 Å². The number of rotatable bonds is 3. The van der Waals surface area contributed by atoms with E-state index < -0.39 is 5.92 Å². The predicted octanol–water partition coefficient (Wildman–Crippen LogP) is 2.65. The van der Waals surface area contributed by atoms with Gasteiger partial charge in [-0.15, -0.1) is 0 Å². The lowest BCUT2D eigenvalue weighted by atomic mass is 10.0. The highest BCUT2D eigenvalue weighted by molar-refractivity contribution is 5.26. The fourth-order valence-electron chi connectivity index (χ4n) is 1.13. The van der Waals surface area contributed by atoms with Crippen molar-refractivity contribution in [3.8, 4) is 0 Å². The lowest BCUT2D eigenvalue weighted by Crippen LogP contribution is -2.12. The molecule has 0 saturated carbocycles. The van der Waals surface area contributed by atoms with Crippen molar-refractivity contribution in [2.24, 2.45) is 5.73 Å². The van der Waals surface area contributed by atoms with Gasteiger partial charge in [0.1, 0.15) is 0 Å². The summed E-state index contributed by atoms with van der Waals surface area (Å²) in [5.74, 6) is -2.73. The van der Waals surface area contributed by atoms with Gasteiger partial charge in [-0.05, 0) is 11.6 Å². The highest BCUT2D eigenvalue weighted by Crippen LogP contribution is 2.31. The molecular weight excluding hydrogens is 172 g/mol. The number of halogens is 2. The quantitative estimate of drug-likeness (QED) is 0.769. The Labute approximate surface area is 76.6 Å². The molecule has 0 spiro atoms. The molecule has 0 radical (unpaired) electrons. The first-order valence-electron chi connectivity index (χ1n) is 4.27. The second-order valence-electron chi connectivity index (χ2n) is 2.96. The lowest BCUT2D eigenvalue weighted by Gasteiger charge is -2.14. The molecule has 72 valence electrons. The van der Waals surface area contributed by atoms with Crippen LogP contribution in [0.25, 0.3) is 0 Å². The average Bonchev–Trinajstić information content (AvgIpc) is 2.18. The highest BCUT2D eigenvalue weighted by atomic mass is 19.3. The molecule has 1 nitrogen and oxygen atoms in total. The Morgan fingerprint density at radius 1 is 1.38 bits per heavy atom. The standard InChI is InChI=1S/C10H13F2N/c1-2-10(11,12)9-5-3-4-8(6-9)7-13/h3-6H,2,7,13H2,1H3. The maximum atomic E-state index is 13.2. The minimum absolute atomic E-state index is 0.0537. The Bertz CT molecular complexity index is 284. The van der Waals surface area contributed by atoms with E-state index in [9.17, 15) is 8.78 Å². The Hall–Kier alpha value is -0.960. The van der Waals surface area contributed by atoms with E-state index in [1.807, 2.05) is 0 Å². The van der Waals surface area contributed by atoms with Gasteiger partial charge < -0.3 is 5.73 Å². The topological polar surface area (TPSA) is 26.0 Å². The molecule has 1 aromatic carbocycles. The van der Waals surface area contributed by atoms with Crippen LogP contribution in [0.1, 0.15) is 24.5 Å². The molecule has 0 heterocycles. The van der Waals surface area contributed by atoms with Crippen LogP contribution in [0, 0.1) is 0 Å². The van der Waals surface area contributed by atoms with Crippen LogP contribution in [0.2, 0.25) is 0 Å². The van der Waals surface area contributed by atoms with Crippen molar-refractivity contribution in [2.45, 2.75) is 25.8 Å². The summed E-state index contributed by atoms with van der Waals surface area (Å²) in [6, 6.07) is 6.25. The van der Waals surface area contributed by atoms with Gasteiger partial charge >= 0.3 is 0 Å². The summed E-state index contributed by atoms with van der Waals surface area (Å²) in [7, 11) is 0. The van der Waals surface area contributed by atoms with Crippen LogP contribution in [0.15, 0.2) is 24.3 Å². The molecule has 0 bridgehead atoms. The molecule has 0 atom stereocenters. The third-order valence-corrected chi connectivity index (χ3v) is 2.03. The first-order chi connectivity index (χ1) is 6.10. The molecule has 0 aliphatic rings. The van der Waals surface area contributed by atoms with E-state index in [4.69, 9.17) is 5.73 Å². The Kier molecular flexibility index (Phi) is 2.98. The zero-order valence-corrected chi connectivity index (χ0v) is 7.56. The number of alkyl halides is 2. The Morgan fingerprint density at radius 2 is 2.08 bits per heavy atom. The summed E-state index contributed by atoms with van der Waals surface area (Å²) in [5.41, 5.74) is 6.15. The third-order valence-electron chi connectivity index (χ3n) is 2.03. The predicted molar refractivity (Wildman–Crippen MR) is 48.5 cm³/mol. The van der Waals surface area contributed by atoms with E-state index in [-0.39, 0.29) is 12.0 Å². The molecule has 0 unspecified atom stereocenters. The van der Waals surface area contributed by atoms with Crippen LogP contribution in [-0.4, -0.2) is 0 Å². The summed E-state index contributed by atoms with van der Waals surface area (Å²) in [6.45, 7) is 1.77. The third kappa shape index (κ3) is 2.25. The summed E-state index contributed by atoms with van der Waals surface area (Å²) in [4.78, 5) is 0. The van der Waals surface area contributed by atoms with Crippen LogP contribution >= 0.6 is 0 Å². The number of benzene rings is 1. The summed E-state index contributed by atoms with van der Waals surface area (Å²) in [6.07, 6.45) is -0.180. The molecule has 2 N–H and O–H groups in total. The molecule has 0 fully saturated rings. The second kappa shape index (κ2) is 3.83. The fraction of sp³-hybridized carbons (Fsp3) is 0.400. The van der Waals surface area contributed by atoms with Gasteiger partial charge in [0.25, 0.3) is 5.92 Å². The first kappa shape index (κ1) is 10.1. The normalized spacial score (nSPS) is 11.7.